The van der Waals surface area contributed by atoms with Crippen molar-refractivity contribution in [2.24, 2.45) is 0 Å². The molecule has 2 N–H and O–H groups in total. The Bertz CT molecular complexity index is 896. The Balaban J connectivity index is 1.51. The van der Waals surface area contributed by atoms with Gasteiger partial charge >= 0.3 is 0 Å². The second kappa shape index (κ2) is 10.8. The molecule has 1 fully saturated rings. The van der Waals surface area contributed by atoms with Gasteiger partial charge in [-0.05, 0) is 30.5 Å². The molecule has 0 spiro atoms. The van der Waals surface area contributed by atoms with Crippen molar-refractivity contribution >= 4 is 35.0 Å². The summed E-state index contributed by atoms with van der Waals surface area (Å²) >= 11 is 1.41. The van der Waals surface area contributed by atoms with Crippen LogP contribution in [0.1, 0.15) is 48.0 Å². The maximum atomic E-state index is 12.7. The van der Waals surface area contributed by atoms with E-state index in [4.69, 9.17) is 0 Å². The van der Waals surface area contributed by atoms with Crippen molar-refractivity contribution in [1.29, 1.82) is 0 Å². The molecule has 158 valence electrons. The van der Waals surface area contributed by atoms with E-state index in [1.165, 1.54) is 30.3 Å². The number of benzene rings is 2. The minimum absolute atomic E-state index is 0.0459. The number of non-ortho nitro benzene ring substituents is 1. The first kappa shape index (κ1) is 21.8. The molecule has 3 rings (SSSR count). The number of para-hydroxylation sites is 1. The molecule has 30 heavy (non-hydrogen) atoms. The van der Waals surface area contributed by atoms with Crippen LogP contribution in [0, 0.1) is 10.1 Å². The van der Waals surface area contributed by atoms with Gasteiger partial charge in [0.25, 0.3) is 11.6 Å². The second-order valence-corrected chi connectivity index (χ2v) is 8.30. The first-order valence-corrected chi connectivity index (χ1v) is 11.2. The number of carbonyl (C=O) groups is 2. The van der Waals surface area contributed by atoms with Crippen molar-refractivity contribution in [1.82, 2.24) is 5.32 Å². The van der Waals surface area contributed by atoms with Gasteiger partial charge in [0.1, 0.15) is 0 Å². The molecule has 0 radical (unpaired) electrons. The number of amides is 2. The lowest BCUT2D eigenvalue weighted by Gasteiger charge is -2.23. The molecule has 1 saturated carbocycles. The first-order valence-electron chi connectivity index (χ1n) is 10.0. The Hall–Kier alpha value is -2.87. The van der Waals surface area contributed by atoms with Crippen LogP contribution in [-0.2, 0) is 10.5 Å². The Morgan fingerprint density at radius 2 is 1.73 bits per heavy atom. The Morgan fingerprint density at radius 1 is 1.03 bits per heavy atom. The number of nitro groups is 1. The molecule has 0 bridgehead atoms. The lowest BCUT2D eigenvalue weighted by Crippen LogP contribution is -2.36. The Morgan fingerprint density at radius 3 is 2.43 bits per heavy atom. The molecule has 7 nitrogen and oxygen atoms in total. The number of nitrogens with zero attached hydrogens (tertiary/aromatic N) is 1. The molecule has 8 heteroatoms. The van der Waals surface area contributed by atoms with Crippen LogP contribution in [-0.4, -0.2) is 28.5 Å². The van der Waals surface area contributed by atoms with E-state index in [2.05, 4.69) is 10.6 Å². The molecule has 0 heterocycles. The van der Waals surface area contributed by atoms with Crippen LogP contribution in [0.5, 0.6) is 0 Å². The van der Waals surface area contributed by atoms with Crippen molar-refractivity contribution < 1.29 is 14.5 Å². The minimum Gasteiger partial charge on any atom is -0.349 e. The summed E-state index contributed by atoms with van der Waals surface area (Å²) < 4.78 is 0. The van der Waals surface area contributed by atoms with Gasteiger partial charge in [-0.2, -0.15) is 0 Å². The van der Waals surface area contributed by atoms with Crippen LogP contribution < -0.4 is 10.6 Å². The largest absolute Gasteiger partial charge is 0.349 e. The summed E-state index contributed by atoms with van der Waals surface area (Å²) in [5.41, 5.74) is 1.93. The molecule has 0 atom stereocenters. The van der Waals surface area contributed by atoms with Gasteiger partial charge < -0.3 is 10.6 Å². The SMILES string of the molecule is O=C(CSCc1ccc([N+](=O)[O-])cc1)Nc1ccccc1C(=O)NC1CCCCC1. The summed E-state index contributed by atoms with van der Waals surface area (Å²) in [5, 5.41) is 16.6. The van der Waals surface area contributed by atoms with Crippen LogP contribution in [0.25, 0.3) is 0 Å². The molecule has 2 amide bonds. The number of carbonyl (C=O) groups excluding carboxylic acids is 2. The lowest BCUT2D eigenvalue weighted by atomic mass is 9.95. The number of nitrogens with one attached hydrogen (secondary N) is 2. The molecule has 0 aliphatic heterocycles. The number of nitro benzene ring substituents is 1. The van der Waals surface area contributed by atoms with E-state index in [1.807, 2.05) is 0 Å². The van der Waals surface area contributed by atoms with Crippen LogP contribution >= 0.6 is 11.8 Å². The van der Waals surface area contributed by atoms with Gasteiger partial charge in [0.2, 0.25) is 5.91 Å². The molecule has 2 aromatic carbocycles. The number of hydrogen-bond donors (Lipinski definition) is 2. The normalized spacial score (nSPS) is 14.1. The van der Waals surface area contributed by atoms with E-state index in [0.29, 0.717) is 17.0 Å². The van der Waals surface area contributed by atoms with E-state index in [-0.39, 0.29) is 29.3 Å². The fourth-order valence-electron chi connectivity index (χ4n) is 3.46. The summed E-state index contributed by atoms with van der Waals surface area (Å²) in [5.74, 6) is 0.432. The van der Waals surface area contributed by atoms with E-state index in [0.717, 1.165) is 31.2 Å². The first-order chi connectivity index (χ1) is 14.5. The topological polar surface area (TPSA) is 101 Å². The van der Waals surface area contributed by atoms with Gasteiger partial charge in [-0.15, -0.1) is 11.8 Å². The summed E-state index contributed by atoms with van der Waals surface area (Å²) in [4.78, 5) is 35.3. The van der Waals surface area contributed by atoms with Gasteiger partial charge in [0.05, 0.1) is 21.9 Å². The third-order valence-electron chi connectivity index (χ3n) is 5.04. The van der Waals surface area contributed by atoms with E-state index in [9.17, 15) is 19.7 Å². The van der Waals surface area contributed by atoms with Crippen molar-refractivity contribution in [2.45, 2.75) is 43.9 Å². The maximum Gasteiger partial charge on any atom is 0.269 e. The summed E-state index contributed by atoms with van der Waals surface area (Å²) in [6, 6.07) is 13.5. The quantitative estimate of drug-likeness (QED) is 0.476. The van der Waals surface area contributed by atoms with Crippen molar-refractivity contribution in [3.05, 3.63) is 69.8 Å². The van der Waals surface area contributed by atoms with Crippen LogP contribution in [0.3, 0.4) is 0 Å². The molecule has 0 unspecified atom stereocenters. The zero-order valence-corrected chi connectivity index (χ0v) is 17.5. The fourth-order valence-corrected chi connectivity index (χ4v) is 4.25. The van der Waals surface area contributed by atoms with E-state index in [1.54, 1.807) is 36.4 Å². The van der Waals surface area contributed by atoms with Gasteiger partial charge in [-0.25, -0.2) is 0 Å². The van der Waals surface area contributed by atoms with Crippen molar-refractivity contribution in [3.8, 4) is 0 Å². The van der Waals surface area contributed by atoms with Crippen LogP contribution in [0.15, 0.2) is 48.5 Å². The van der Waals surface area contributed by atoms with Crippen molar-refractivity contribution in [3.63, 3.8) is 0 Å². The highest BCUT2D eigenvalue weighted by atomic mass is 32.2. The Labute approximate surface area is 179 Å². The summed E-state index contributed by atoms with van der Waals surface area (Å²) in [7, 11) is 0. The zero-order valence-electron chi connectivity index (χ0n) is 16.6. The highest BCUT2D eigenvalue weighted by Crippen LogP contribution is 2.21. The zero-order chi connectivity index (χ0) is 21.3. The molecule has 2 aromatic rings. The summed E-state index contributed by atoms with van der Waals surface area (Å²) in [6.07, 6.45) is 5.49. The molecule has 1 aliphatic rings. The number of thioether (sulfide) groups is 1. The smallest absolute Gasteiger partial charge is 0.269 e. The molecule has 0 saturated heterocycles. The number of anilines is 1. The highest BCUT2D eigenvalue weighted by molar-refractivity contribution is 7.99. The lowest BCUT2D eigenvalue weighted by molar-refractivity contribution is -0.384. The molecular formula is C22H25N3O4S. The Kier molecular flexibility index (Phi) is 7.84. The second-order valence-electron chi connectivity index (χ2n) is 7.32. The van der Waals surface area contributed by atoms with E-state index >= 15 is 0 Å². The van der Waals surface area contributed by atoms with Gasteiger partial charge in [-0.1, -0.05) is 43.5 Å². The van der Waals surface area contributed by atoms with Gasteiger partial charge in [0.15, 0.2) is 0 Å². The van der Waals surface area contributed by atoms with E-state index < -0.39 is 4.92 Å². The molecule has 0 aromatic heterocycles. The monoisotopic (exact) mass is 427 g/mol. The third-order valence-corrected chi connectivity index (χ3v) is 6.04. The number of rotatable bonds is 8. The minimum atomic E-state index is -0.438. The van der Waals surface area contributed by atoms with Crippen LogP contribution in [0.4, 0.5) is 11.4 Å². The summed E-state index contributed by atoms with van der Waals surface area (Å²) in [6.45, 7) is 0. The highest BCUT2D eigenvalue weighted by Gasteiger charge is 2.19. The molecular weight excluding hydrogens is 402 g/mol. The standard InChI is InChI=1S/C22H25N3O4S/c26-21(15-30-14-16-10-12-18(13-11-16)25(28)29)24-20-9-5-4-8-19(20)22(27)23-17-6-2-1-3-7-17/h4-5,8-13,17H,1-3,6-7,14-15H2,(H,23,27)(H,24,26). The third kappa shape index (κ3) is 6.32. The fraction of sp³-hybridized carbons (Fsp3) is 0.364. The predicted molar refractivity (Wildman–Crippen MR) is 119 cm³/mol. The van der Waals surface area contributed by atoms with Gasteiger partial charge in [0, 0.05) is 23.9 Å². The average Bonchev–Trinajstić information content (AvgIpc) is 2.75. The number of hydrogen-bond acceptors (Lipinski definition) is 5. The molecule has 1 aliphatic carbocycles. The van der Waals surface area contributed by atoms with Crippen LogP contribution in [0.2, 0.25) is 0 Å². The predicted octanol–water partition coefficient (Wildman–Crippen LogP) is 4.53. The maximum absolute atomic E-state index is 12.7. The van der Waals surface area contributed by atoms with Gasteiger partial charge in [-0.3, -0.25) is 19.7 Å². The average molecular weight is 428 g/mol. The van der Waals surface area contributed by atoms with Crippen molar-refractivity contribution in [2.75, 3.05) is 11.1 Å².